The van der Waals surface area contributed by atoms with E-state index in [4.69, 9.17) is 0 Å². The Morgan fingerprint density at radius 1 is 0.444 bits per heavy atom. The van der Waals surface area contributed by atoms with Gasteiger partial charge in [0.15, 0.2) is 0 Å². The van der Waals surface area contributed by atoms with Gasteiger partial charge >= 0.3 is 0 Å². The molecule has 2 aromatic heterocycles. The van der Waals surface area contributed by atoms with E-state index in [2.05, 4.69) is 57.8 Å². The van der Waals surface area contributed by atoms with Gasteiger partial charge in [0.25, 0.3) is 0 Å². The van der Waals surface area contributed by atoms with Crippen molar-refractivity contribution in [1.29, 1.82) is 0 Å². The summed E-state index contributed by atoms with van der Waals surface area (Å²) < 4.78 is 2.68. The quantitative estimate of drug-likeness (QED) is 0.104. The van der Waals surface area contributed by atoms with E-state index in [-0.39, 0.29) is 0 Å². The van der Waals surface area contributed by atoms with Gasteiger partial charge in [0.05, 0.1) is 7.57 Å². The molecule has 206 valence electrons. The summed E-state index contributed by atoms with van der Waals surface area (Å²) >= 11 is 11.6. The van der Waals surface area contributed by atoms with Crippen molar-refractivity contribution in [2.45, 2.75) is 155 Å². The summed E-state index contributed by atoms with van der Waals surface area (Å²) in [6.07, 6.45) is 30.5. The van der Waals surface area contributed by atoms with Crippen LogP contribution in [0.15, 0.2) is 19.7 Å². The molecule has 0 nitrogen and oxygen atoms in total. The minimum absolute atomic E-state index is 1.21. The first-order valence-corrected chi connectivity index (χ1v) is 18.4. The fourth-order valence-electron chi connectivity index (χ4n) is 5.00. The summed E-state index contributed by atoms with van der Waals surface area (Å²) in [4.78, 5) is 2.87. The average molecular weight is 661 g/mol. The molecule has 0 aliphatic heterocycles. The predicted molar refractivity (Wildman–Crippen MR) is 174 cm³/mol. The molecule has 0 amide bonds. The Bertz CT molecular complexity index is 726. The van der Waals surface area contributed by atoms with E-state index in [0.29, 0.717) is 0 Å². The summed E-state index contributed by atoms with van der Waals surface area (Å²) in [5, 5.41) is 0. The monoisotopic (exact) mass is 658 g/mol. The van der Waals surface area contributed by atoms with E-state index in [1.807, 2.05) is 22.7 Å². The Labute approximate surface area is 248 Å². The van der Waals surface area contributed by atoms with Crippen LogP contribution >= 0.6 is 54.5 Å². The van der Waals surface area contributed by atoms with Crippen molar-refractivity contribution in [3.05, 3.63) is 30.8 Å². The minimum Gasteiger partial charge on any atom is -0.127 e. The fraction of sp³-hybridized carbons (Fsp3) is 0.750. The van der Waals surface area contributed by atoms with Crippen molar-refractivity contribution in [2.24, 2.45) is 0 Å². The molecule has 0 aromatic carbocycles. The van der Waals surface area contributed by atoms with Crippen molar-refractivity contribution < 1.29 is 0 Å². The van der Waals surface area contributed by atoms with E-state index >= 15 is 0 Å². The number of hydrogen-bond donors (Lipinski definition) is 0. The van der Waals surface area contributed by atoms with Crippen LogP contribution in [-0.4, -0.2) is 0 Å². The van der Waals surface area contributed by atoms with Gasteiger partial charge < -0.3 is 0 Å². The maximum absolute atomic E-state index is 3.86. The lowest BCUT2D eigenvalue weighted by Crippen LogP contribution is -1.86. The second kappa shape index (κ2) is 21.2. The van der Waals surface area contributed by atoms with Crippen LogP contribution in [0, 0.1) is 0 Å². The zero-order valence-electron chi connectivity index (χ0n) is 23.3. The van der Waals surface area contributed by atoms with Gasteiger partial charge in [0, 0.05) is 9.75 Å². The van der Waals surface area contributed by atoms with Crippen LogP contribution < -0.4 is 0 Å². The number of halogens is 2. The summed E-state index contributed by atoms with van der Waals surface area (Å²) in [5.74, 6) is 0. The lowest BCUT2D eigenvalue weighted by Gasteiger charge is -2.02. The first kappa shape index (κ1) is 32.6. The van der Waals surface area contributed by atoms with Crippen LogP contribution in [0.2, 0.25) is 0 Å². The van der Waals surface area contributed by atoms with Gasteiger partial charge in [-0.25, -0.2) is 0 Å². The number of aryl methyl sites for hydroxylation is 2. The molecule has 4 heteroatoms. The highest BCUT2D eigenvalue weighted by atomic mass is 79.9. The minimum atomic E-state index is 1.21. The molecule has 0 radical (unpaired) electrons. The Morgan fingerprint density at radius 2 is 0.722 bits per heavy atom. The zero-order chi connectivity index (χ0) is 25.8. The number of rotatable bonds is 23. The zero-order valence-corrected chi connectivity index (χ0v) is 28.1. The Hall–Kier alpha value is 0.360. The largest absolute Gasteiger partial charge is 0.127 e. The van der Waals surface area contributed by atoms with Crippen LogP contribution in [0.5, 0.6) is 0 Å². The first-order valence-electron chi connectivity index (χ1n) is 15.2. The second-order valence-corrected chi connectivity index (χ2v) is 15.4. The molecule has 36 heavy (non-hydrogen) atoms. The number of thiophene rings is 2. The van der Waals surface area contributed by atoms with Gasteiger partial charge in [0.2, 0.25) is 0 Å². The summed E-state index contributed by atoms with van der Waals surface area (Å²) in [7, 11) is 0. The van der Waals surface area contributed by atoms with Crippen LogP contribution in [-0.2, 0) is 12.8 Å². The third kappa shape index (κ3) is 13.9. The predicted octanol–water partition coefficient (Wildman–Crippen LogP) is 13.9. The third-order valence-corrected chi connectivity index (χ3v) is 11.5. The molecular weight excluding hydrogens is 608 g/mol. The molecule has 2 rings (SSSR count). The fourth-order valence-corrected chi connectivity index (χ4v) is 8.62. The van der Waals surface area contributed by atoms with Crippen molar-refractivity contribution in [3.8, 4) is 9.75 Å². The normalized spacial score (nSPS) is 11.6. The Morgan fingerprint density at radius 3 is 1.03 bits per heavy atom. The van der Waals surface area contributed by atoms with Crippen LogP contribution in [0.25, 0.3) is 9.75 Å². The van der Waals surface area contributed by atoms with Gasteiger partial charge in [-0.05, 0) is 80.8 Å². The molecule has 0 saturated carbocycles. The van der Waals surface area contributed by atoms with Gasteiger partial charge in [-0.2, -0.15) is 0 Å². The lowest BCUT2D eigenvalue weighted by atomic mass is 10.0. The Balaban J connectivity index is 1.62. The molecule has 0 aliphatic rings. The van der Waals surface area contributed by atoms with E-state index in [1.165, 1.54) is 170 Å². The standard InChI is InChI=1S/C32H52Br2S2/c1-3-5-7-9-11-13-15-17-19-21-23-27-25-29(35-31(27)33)30-26-28(32(34)36-30)24-22-20-18-16-14-12-10-8-6-4-2/h25-26H,3-24H2,1-2H3. The second-order valence-electron chi connectivity index (χ2n) is 10.7. The molecule has 0 saturated heterocycles. The van der Waals surface area contributed by atoms with E-state index < -0.39 is 0 Å². The molecule has 0 fully saturated rings. The molecular formula is C32H52Br2S2. The van der Waals surface area contributed by atoms with Crippen LogP contribution in [0.4, 0.5) is 0 Å². The van der Waals surface area contributed by atoms with Crippen molar-refractivity contribution in [2.75, 3.05) is 0 Å². The van der Waals surface area contributed by atoms with Crippen molar-refractivity contribution in [3.63, 3.8) is 0 Å². The third-order valence-electron chi connectivity index (χ3n) is 7.36. The number of hydrogen-bond acceptors (Lipinski definition) is 2. The number of unbranched alkanes of at least 4 members (excludes halogenated alkanes) is 18. The lowest BCUT2D eigenvalue weighted by molar-refractivity contribution is 0.556. The van der Waals surface area contributed by atoms with E-state index in [0.717, 1.165) is 0 Å². The average Bonchev–Trinajstić information content (AvgIpc) is 3.43. The summed E-state index contributed by atoms with van der Waals surface area (Å²) in [6, 6.07) is 4.90. The molecule has 2 heterocycles. The van der Waals surface area contributed by atoms with Crippen LogP contribution in [0.1, 0.15) is 153 Å². The van der Waals surface area contributed by atoms with Crippen molar-refractivity contribution >= 4 is 54.5 Å². The summed E-state index contributed by atoms with van der Waals surface area (Å²) in [5.41, 5.74) is 3.02. The van der Waals surface area contributed by atoms with Crippen LogP contribution in [0.3, 0.4) is 0 Å². The smallest absolute Gasteiger partial charge is 0.0737 e. The van der Waals surface area contributed by atoms with E-state index in [9.17, 15) is 0 Å². The Kier molecular flexibility index (Phi) is 19.2. The summed E-state index contributed by atoms with van der Waals surface area (Å²) in [6.45, 7) is 4.59. The van der Waals surface area contributed by atoms with Gasteiger partial charge in [-0.1, -0.05) is 129 Å². The maximum Gasteiger partial charge on any atom is 0.0737 e. The molecule has 0 bridgehead atoms. The van der Waals surface area contributed by atoms with Gasteiger partial charge in [-0.3, -0.25) is 0 Å². The highest BCUT2D eigenvalue weighted by Crippen LogP contribution is 2.42. The highest BCUT2D eigenvalue weighted by Gasteiger charge is 2.13. The molecule has 0 aliphatic carbocycles. The van der Waals surface area contributed by atoms with Crippen molar-refractivity contribution in [1.82, 2.24) is 0 Å². The van der Waals surface area contributed by atoms with Gasteiger partial charge in [0.1, 0.15) is 0 Å². The molecule has 0 unspecified atom stereocenters. The molecule has 0 N–H and O–H groups in total. The first-order chi connectivity index (χ1) is 17.7. The highest BCUT2D eigenvalue weighted by molar-refractivity contribution is 9.11. The molecule has 0 atom stereocenters. The molecule has 0 spiro atoms. The SMILES string of the molecule is CCCCCCCCCCCCc1cc(-c2cc(CCCCCCCCCCCC)c(Br)s2)sc1Br. The maximum atomic E-state index is 3.86. The molecule has 2 aromatic rings. The topological polar surface area (TPSA) is 0 Å². The van der Waals surface area contributed by atoms with Gasteiger partial charge in [-0.15, -0.1) is 22.7 Å². The van der Waals surface area contributed by atoms with E-state index in [1.54, 1.807) is 0 Å².